The Hall–Kier alpha value is -2.95. The van der Waals surface area contributed by atoms with Crippen molar-refractivity contribution in [2.75, 3.05) is 11.9 Å². The standard InChI is InChI=1S/C24H26N4O3/c1-14-19(5-6-20-21(14)13-31-24(20)30)22(29)12-28-17-3-4-18(28)9-16(8-17)27-23-7-2-15(10-25)11-26-23/h2,5-7,11,16-18,22,29H,3-4,8-9,12-13H2,1H3,(H,26,27)/t16?,17-,18+,22-/m1/s1. The van der Waals surface area contributed by atoms with Crippen LogP contribution in [0.3, 0.4) is 0 Å². The number of pyridine rings is 1. The fourth-order valence-electron chi connectivity index (χ4n) is 5.47. The summed E-state index contributed by atoms with van der Waals surface area (Å²) in [5.41, 5.74) is 3.94. The molecule has 2 N–H and O–H groups in total. The number of ether oxygens (including phenoxy) is 1. The highest BCUT2D eigenvalue weighted by atomic mass is 16.5. The molecule has 0 spiro atoms. The first-order valence-corrected chi connectivity index (χ1v) is 10.9. The second kappa shape index (κ2) is 7.95. The molecule has 4 atom stereocenters. The predicted octanol–water partition coefficient (Wildman–Crippen LogP) is 3.07. The third kappa shape index (κ3) is 3.67. The highest BCUT2D eigenvalue weighted by molar-refractivity contribution is 5.93. The SMILES string of the molecule is Cc1c([C@H](O)CN2[C@@H]3CC[C@H]2CC(Nc2ccc(C#N)cn2)C3)ccc2c1COC2=O. The van der Waals surface area contributed by atoms with Crippen molar-refractivity contribution in [3.8, 4) is 6.07 Å². The van der Waals surface area contributed by atoms with Gasteiger partial charge < -0.3 is 15.2 Å². The summed E-state index contributed by atoms with van der Waals surface area (Å²) in [6.45, 7) is 2.87. The minimum absolute atomic E-state index is 0.275. The Morgan fingerprint density at radius 1 is 1.29 bits per heavy atom. The maximum absolute atomic E-state index is 11.8. The Morgan fingerprint density at radius 3 is 2.74 bits per heavy atom. The number of anilines is 1. The Morgan fingerprint density at radius 2 is 2.06 bits per heavy atom. The molecule has 5 rings (SSSR count). The van der Waals surface area contributed by atoms with Crippen LogP contribution in [0, 0.1) is 18.3 Å². The molecule has 7 heteroatoms. The number of hydrogen-bond donors (Lipinski definition) is 2. The Balaban J connectivity index is 1.25. The van der Waals surface area contributed by atoms with Gasteiger partial charge in [-0.25, -0.2) is 9.78 Å². The van der Waals surface area contributed by atoms with E-state index in [1.54, 1.807) is 18.3 Å². The highest BCUT2D eigenvalue weighted by Crippen LogP contribution is 2.38. The summed E-state index contributed by atoms with van der Waals surface area (Å²) in [6, 6.07) is 10.6. The summed E-state index contributed by atoms with van der Waals surface area (Å²) in [7, 11) is 0. The lowest BCUT2D eigenvalue weighted by atomic mass is 9.93. The molecule has 2 fully saturated rings. The van der Waals surface area contributed by atoms with Crippen LogP contribution in [0.15, 0.2) is 30.5 Å². The second-order valence-corrected chi connectivity index (χ2v) is 8.84. The second-order valence-electron chi connectivity index (χ2n) is 8.84. The first-order chi connectivity index (χ1) is 15.0. The number of aliphatic hydroxyl groups excluding tert-OH is 1. The number of nitriles is 1. The fraction of sp³-hybridized carbons (Fsp3) is 0.458. The van der Waals surface area contributed by atoms with Crippen LogP contribution in [0.1, 0.15) is 64.4 Å². The van der Waals surface area contributed by atoms with Crippen molar-refractivity contribution in [3.63, 3.8) is 0 Å². The number of aromatic nitrogens is 1. The van der Waals surface area contributed by atoms with Crippen molar-refractivity contribution >= 4 is 11.8 Å². The molecule has 0 radical (unpaired) electrons. The molecule has 31 heavy (non-hydrogen) atoms. The van der Waals surface area contributed by atoms with Gasteiger partial charge in [-0.1, -0.05) is 6.07 Å². The summed E-state index contributed by atoms with van der Waals surface area (Å²) in [5.74, 6) is 0.533. The number of carbonyl (C=O) groups excluding carboxylic acids is 1. The van der Waals surface area contributed by atoms with Crippen LogP contribution in [0.2, 0.25) is 0 Å². The lowest BCUT2D eigenvalue weighted by Crippen LogP contribution is -2.48. The largest absolute Gasteiger partial charge is 0.457 e. The third-order valence-corrected chi connectivity index (χ3v) is 7.08. The van der Waals surface area contributed by atoms with Crippen LogP contribution in [0.4, 0.5) is 5.82 Å². The number of piperidine rings is 1. The number of benzene rings is 1. The quantitative estimate of drug-likeness (QED) is 0.720. The Labute approximate surface area is 181 Å². The minimum atomic E-state index is -0.589. The van der Waals surface area contributed by atoms with E-state index in [1.165, 1.54) is 0 Å². The number of esters is 1. The molecule has 2 saturated heterocycles. The van der Waals surface area contributed by atoms with Gasteiger partial charge in [0.25, 0.3) is 0 Å². The van der Waals surface area contributed by atoms with Gasteiger partial charge in [0.1, 0.15) is 18.5 Å². The number of cyclic esters (lactones) is 1. The molecule has 0 aliphatic carbocycles. The molecule has 1 aromatic carbocycles. The van der Waals surface area contributed by atoms with Crippen LogP contribution < -0.4 is 5.32 Å². The number of rotatable bonds is 5. The van der Waals surface area contributed by atoms with Gasteiger partial charge in [-0.05, 0) is 61.9 Å². The Kier molecular flexibility index (Phi) is 5.12. The zero-order chi connectivity index (χ0) is 21.5. The number of carbonyl (C=O) groups is 1. The Bertz CT molecular complexity index is 1030. The molecule has 1 unspecified atom stereocenters. The van der Waals surface area contributed by atoms with E-state index in [2.05, 4.69) is 21.3 Å². The van der Waals surface area contributed by atoms with E-state index < -0.39 is 6.10 Å². The maximum Gasteiger partial charge on any atom is 0.338 e. The van der Waals surface area contributed by atoms with Crippen molar-refractivity contribution in [3.05, 3.63) is 58.3 Å². The van der Waals surface area contributed by atoms with Crippen LogP contribution in [-0.4, -0.2) is 45.6 Å². The van der Waals surface area contributed by atoms with Gasteiger partial charge in [-0.3, -0.25) is 4.90 Å². The first-order valence-electron chi connectivity index (χ1n) is 10.9. The van der Waals surface area contributed by atoms with E-state index >= 15 is 0 Å². The molecule has 1 aromatic heterocycles. The van der Waals surface area contributed by atoms with E-state index in [4.69, 9.17) is 10.00 Å². The average Bonchev–Trinajstić information content (AvgIpc) is 3.25. The number of nitrogens with one attached hydrogen (secondary N) is 1. The molecule has 3 aliphatic rings. The highest BCUT2D eigenvalue weighted by Gasteiger charge is 2.41. The topological polar surface area (TPSA) is 98.5 Å². The van der Waals surface area contributed by atoms with Gasteiger partial charge in [-0.2, -0.15) is 5.26 Å². The zero-order valence-corrected chi connectivity index (χ0v) is 17.5. The van der Waals surface area contributed by atoms with E-state index in [0.717, 1.165) is 48.2 Å². The molecule has 3 aliphatic heterocycles. The molecule has 160 valence electrons. The minimum Gasteiger partial charge on any atom is -0.457 e. The van der Waals surface area contributed by atoms with Gasteiger partial charge in [0.15, 0.2) is 0 Å². The number of aliphatic hydroxyl groups is 1. The number of fused-ring (bicyclic) bond motifs is 3. The van der Waals surface area contributed by atoms with E-state index in [0.29, 0.717) is 42.4 Å². The summed E-state index contributed by atoms with van der Waals surface area (Å²) >= 11 is 0. The van der Waals surface area contributed by atoms with Crippen LogP contribution in [0.5, 0.6) is 0 Å². The van der Waals surface area contributed by atoms with Gasteiger partial charge in [0.05, 0.1) is 17.2 Å². The van der Waals surface area contributed by atoms with Gasteiger partial charge in [0.2, 0.25) is 0 Å². The lowest BCUT2D eigenvalue weighted by molar-refractivity contribution is 0.0534. The summed E-state index contributed by atoms with van der Waals surface area (Å²) < 4.78 is 5.15. The smallest absolute Gasteiger partial charge is 0.338 e. The first kappa shape index (κ1) is 20.0. The monoisotopic (exact) mass is 418 g/mol. The van der Waals surface area contributed by atoms with E-state index in [-0.39, 0.29) is 5.97 Å². The van der Waals surface area contributed by atoms with Crippen molar-refractivity contribution in [1.82, 2.24) is 9.88 Å². The third-order valence-electron chi connectivity index (χ3n) is 7.08. The summed E-state index contributed by atoms with van der Waals surface area (Å²) in [6.07, 6.45) is 5.31. The zero-order valence-electron chi connectivity index (χ0n) is 17.5. The molecular formula is C24H26N4O3. The summed E-state index contributed by atoms with van der Waals surface area (Å²) in [4.78, 5) is 18.6. The number of nitrogens with zero attached hydrogens (tertiary/aromatic N) is 3. The lowest BCUT2D eigenvalue weighted by Gasteiger charge is -2.40. The summed E-state index contributed by atoms with van der Waals surface area (Å²) in [5, 5.41) is 23.5. The average molecular weight is 418 g/mol. The fourth-order valence-corrected chi connectivity index (χ4v) is 5.47. The molecule has 0 amide bonds. The molecule has 7 nitrogen and oxygen atoms in total. The van der Waals surface area contributed by atoms with Crippen LogP contribution in [0.25, 0.3) is 0 Å². The van der Waals surface area contributed by atoms with E-state index in [9.17, 15) is 9.90 Å². The van der Waals surface area contributed by atoms with Gasteiger partial charge in [0, 0.05) is 36.4 Å². The van der Waals surface area contributed by atoms with Crippen molar-refractivity contribution < 1.29 is 14.6 Å². The van der Waals surface area contributed by atoms with Crippen LogP contribution >= 0.6 is 0 Å². The maximum atomic E-state index is 11.8. The van der Waals surface area contributed by atoms with Crippen molar-refractivity contribution in [2.24, 2.45) is 0 Å². The number of hydrogen-bond acceptors (Lipinski definition) is 7. The molecule has 0 saturated carbocycles. The van der Waals surface area contributed by atoms with Crippen LogP contribution in [-0.2, 0) is 11.3 Å². The molecule has 2 aromatic rings. The van der Waals surface area contributed by atoms with E-state index in [1.807, 2.05) is 19.1 Å². The predicted molar refractivity (Wildman–Crippen MR) is 114 cm³/mol. The van der Waals surface area contributed by atoms with Crippen molar-refractivity contribution in [2.45, 2.75) is 63.4 Å². The molecular weight excluding hydrogens is 392 g/mol. The normalized spacial score (nSPS) is 25.6. The molecule has 2 bridgehead atoms. The van der Waals surface area contributed by atoms with Gasteiger partial charge >= 0.3 is 5.97 Å². The van der Waals surface area contributed by atoms with Crippen molar-refractivity contribution in [1.29, 1.82) is 5.26 Å². The molecule has 4 heterocycles. The van der Waals surface area contributed by atoms with Gasteiger partial charge in [-0.15, -0.1) is 0 Å².